The van der Waals surface area contributed by atoms with Crippen LogP contribution in [0.4, 0.5) is 16.2 Å². The van der Waals surface area contributed by atoms with Crippen LogP contribution < -0.4 is 15.5 Å². The number of para-hydroxylation sites is 1. The molecule has 5 heteroatoms. The summed E-state index contributed by atoms with van der Waals surface area (Å²) in [4.78, 5) is 27.8. The Kier molecular flexibility index (Phi) is 5.35. The molecule has 0 aliphatic carbocycles. The minimum Gasteiger partial charge on any atom is -0.322 e. The summed E-state index contributed by atoms with van der Waals surface area (Å²) in [6.07, 6.45) is 1.98. The third kappa shape index (κ3) is 3.96. The molecule has 1 atom stereocenters. The Bertz CT molecular complexity index is 1120. The summed E-state index contributed by atoms with van der Waals surface area (Å²) < 4.78 is 0. The van der Waals surface area contributed by atoms with Gasteiger partial charge in [-0.05, 0) is 53.5 Å². The predicted octanol–water partition coefficient (Wildman–Crippen LogP) is 4.70. The van der Waals surface area contributed by atoms with Crippen molar-refractivity contribution in [2.24, 2.45) is 0 Å². The Morgan fingerprint density at radius 2 is 1.67 bits per heavy atom. The lowest BCUT2D eigenvalue weighted by atomic mass is 9.96. The van der Waals surface area contributed by atoms with Crippen molar-refractivity contribution >= 4 is 35.0 Å². The maximum absolute atomic E-state index is 13.4. The van der Waals surface area contributed by atoms with Gasteiger partial charge in [0.25, 0.3) is 5.91 Å². The SMILES string of the molecule is Cc1cccc(NC(=O)NC2C(=O)N(C)c3ccccc3C=C2c2ccccc2)c1. The molecule has 0 bridgehead atoms. The topological polar surface area (TPSA) is 61.4 Å². The zero-order valence-electron chi connectivity index (χ0n) is 16.9. The minimum absolute atomic E-state index is 0.200. The van der Waals surface area contributed by atoms with Gasteiger partial charge < -0.3 is 15.5 Å². The lowest BCUT2D eigenvalue weighted by Gasteiger charge is -2.24. The zero-order valence-corrected chi connectivity index (χ0v) is 16.9. The van der Waals surface area contributed by atoms with Gasteiger partial charge in [0.1, 0.15) is 6.04 Å². The van der Waals surface area contributed by atoms with E-state index >= 15 is 0 Å². The van der Waals surface area contributed by atoms with Gasteiger partial charge in [0, 0.05) is 12.7 Å². The van der Waals surface area contributed by atoms with Crippen molar-refractivity contribution in [3.05, 3.63) is 95.6 Å². The van der Waals surface area contributed by atoms with Crippen LogP contribution in [0.25, 0.3) is 11.6 Å². The first-order valence-electron chi connectivity index (χ1n) is 9.81. The Balaban J connectivity index is 1.70. The molecule has 0 spiro atoms. The number of fused-ring (bicyclic) bond motifs is 1. The number of aryl methyl sites for hydroxylation is 1. The number of nitrogens with one attached hydrogen (secondary N) is 2. The highest BCUT2D eigenvalue weighted by molar-refractivity contribution is 6.13. The normalized spacial score (nSPS) is 15.7. The summed E-state index contributed by atoms with van der Waals surface area (Å²) in [5, 5.41) is 5.71. The quantitative estimate of drug-likeness (QED) is 0.673. The number of amides is 3. The lowest BCUT2D eigenvalue weighted by molar-refractivity contribution is -0.118. The standard InChI is InChI=1S/C25H23N3O2/c1-17-9-8-13-20(15-17)26-25(30)27-23-21(18-10-4-3-5-11-18)16-19-12-6-7-14-22(19)28(2)24(23)29/h3-16,23H,1-2H3,(H2,26,27,30). The van der Waals surface area contributed by atoms with Crippen molar-refractivity contribution in [2.75, 3.05) is 17.3 Å². The Morgan fingerprint density at radius 1 is 0.933 bits per heavy atom. The third-order valence-electron chi connectivity index (χ3n) is 5.16. The number of nitrogens with zero attached hydrogens (tertiary/aromatic N) is 1. The molecule has 2 N–H and O–H groups in total. The molecule has 0 saturated carbocycles. The summed E-state index contributed by atoms with van der Waals surface area (Å²) in [6.45, 7) is 1.96. The fourth-order valence-corrected chi connectivity index (χ4v) is 3.65. The summed E-state index contributed by atoms with van der Waals surface area (Å²) in [6, 6.07) is 23.6. The average molecular weight is 397 g/mol. The highest BCUT2D eigenvalue weighted by Crippen LogP contribution is 2.32. The van der Waals surface area contributed by atoms with E-state index in [2.05, 4.69) is 10.6 Å². The predicted molar refractivity (Wildman–Crippen MR) is 121 cm³/mol. The first-order valence-corrected chi connectivity index (χ1v) is 9.81. The maximum atomic E-state index is 13.4. The Labute approximate surface area is 176 Å². The molecule has 3 aromatic rings. The van der Waals surface area contributed by atoms with Crippen molar-refractivity contribution in [1.82, 2.24) is 5.32 Å². The summed E-state index contributed by atoms with van der Waals surface area (Å²) in [5.41, 5.74) is 5.08. The van der Waals surface area contributed by atoms with Gasteiger partial charge >= 0.3 is 6.03 Å². The van der Waals surface area contributed by atoms with Crippen LogP contribution in [0, 0.1) is 6.92 Å². The molecule has 1 unspecified atom stereocenters. The van der Waals surface area contributed by atoms with E-state index in [4.69, 9.17) is 0 Å². The van der Waals surface area contributed by atoms with E-state index in [-0.39, 0.29) is 5.91 Å². The van der Waals surface area contributed by atoms with Crippen LogP contribution in [-0.2, 0) is 4.79 Å². The van der Waals surface area contributed by atoms with E-state index in [1.54, 1.807) is 11.9 Å². The highest BCUT2D eigenvalue weighted by atomic mass is 16.2. The van der Waals surface area contributed by atoms with Gasteiger partial charge in [0.2, 0.25) is 0 Å². The van der Waals surface area contributed by atoms with E-state index in [1.165, 1.54) is 0 Å². The zero-order chi connectivity index (χ0) is 21.1. The Morgan fingerprint density at radius 3 is 2.43 bits per heavy atom. The van der Waals surface area contributed by atoms with Crippen LogP contribution in [0.5, 0.6) is 0 Å². The first kappa shape index (κ1) is 19.5. The van der Waals surface area contributed by atoms with Gasteiger partial charge in [-0.15, -0.1) is 0 Å². The fraction of sp³-hybridized carbons (Fsp3) is 0.120. The second-order valence-corrected chi connectivity index (χ2v) is 7.32. The van der Waals surface area contributed by atoms with Crippen molar-refractivity contribution in [3.63, 3.8) is 0 Å². The van der Waals surface area contributed by atoms with E-state index in [9.17, 15) is 9.59 Å². The molecule has 5 nitrogen and oxygen atoms in total. The number of carbonyl (C=O) groups excluding carboxylic acids is 2. The molecule has 150 valence electrons. The second-order valence-electron chi connectivity index (χ2n) is 7.32. The number of hydrogen-bond donors (Lipinski definition) is 2. The summed E-state index contributed by atoms with van der Waals surface area (Å²) in [5.74, 6) is -0.200. The number of anilines is 2. The third-order valence-corrected chi connectivity index (χ3v) is 5.16. The molecule has 1 aliphatic heterocycles. The molecule has 0 radical (unpaired) electrons. The van der Waals surface area contributed by atoms with Crippen molar-refractivity contribution in [3.8, 4) is 0 Å². The molecule has 1 aliphatic rings. The van der Waals surface area contributed by atoms with Gasteiger partial charge in [-0.3, -0.25) is 4.79 Å². The molecule has 0 saturated heterocycles. The first-order chi connectivity index (χ1) is 14.5. The number of rotatable bonds is 3. The van der Waals surface area contributed by atoms with Gasteiger partial charge in [0.05, 0.1) is 5.69 Å². The number of carbonyl (C=O) groups is 2. The van der Waals surface area contributed by atoms with Crippen molar-refractivity contribution < 1.29 is 9.59 Å². The maximum Gasteiger partial charge on any atom is 0.320 e. The van der Waals surface area contributed by atoms with Gasteiger partial charge in [-0.1, -0.05) is 60.7 Å². The molecule has 3 aromatic carbocycles. The van der Waals surface area contributed by atoms with Crippen LogP contribution in [0.1, 0.15) is 16.7 Å². The van der Waals surface area contributed by atoms with Crippen LogP contribution in [0.3, 0.4) is 0 Å². The monoisotopic (exact) mass is 397 g/mol. The number of hydrogen-bond acceptors (Lipinski definition) is 2. The molecule has 1 heterocycles. The van der Waals surface area contributed by atoms with Crippen molar-refractivity contribution in [1.29, 1.82) is 0 Å². The number of likely N-dealkylation sites (N-methyl/N-ethyl adjacent to an activating group) is 1. The molecule has 3 amide bonds. The van der Waals surface area contributed by atoms with Crippen LogP contribution in [-0.4, -0.2) is 25.0 Å². The van der Waals surface area contributed by atoms with E-state index in [0.717, 1.165) is 28.0 Å². The van der Waals surface area contributed by atoms with E-state index in [1.807, 2.05) is 91.9 Å². The fourth-order valence-electron chi connectivity index (χ4n) is 3.65. The van der Waals surface area contributed by atoms with E-state index < -0.39 is 12.1 Å². The smallest absolute Gasteiger partial charge is 0.320 e. The second kappa shape index (κ2) is 8.25. The number of urea groups is 1. The van der Waals surface area contributed by atoms with Crippen molar-refractivity contribution in [2.45, 2.75) is 13.0 Å². The average Bonchev–Trinajstić information content (AvgIpc) is 2.85. The largest absolute Gasteiger partial charge is 0.322 e. The molecule has 0 fully saturated rings. The minimum atomic E-state index is -0.824. The van der Waals surface area contributed by atoms with Crippen LogP contribution in [0.2, 0.25) is 0 Å². The Hall–Kier alpha value is -3.86. The van der Waals surface area contributed by atoms with Crippen LogP contribution in [0.15, 0.2) is 78.9 Å². The van der Waals surface area contributed by atoms with Gasteiger partial charge in [-0.2, -0.15) is 0 Å². The highest BCUT2D eigenvalue weighted by Gasteiger charge is 2.32. The molecule has 30 heavy (non-hydrogen) atoms. The molecule has 0 aromatic heterocycles. The molecular formula is C25H23N3O2. The number of benzene rings is 3. The molecular weight excluding hydrogens is 374 g/mol. The summed E-state index contributed by atoms with van der Waals surface area (Å²) >= 11 is 0. The van der Waals surface area contributed by atoms with E-state index in [0.29, 0.717) is 5.69 Å². The lowest BCUT2D eigenvalue weighted by Crippen LogP contribution is -2.48. The van der Waals surface area contributed by atoms with Crippen LogP contribution >= 0.6 is 0 Å². The van der Waals surface area contributed by atoms with Gasteiger partial charge in [-0.25, -0.2) is 4.79 Å². The molecule has 4 rings (SSSR count). The van der Waals surface area contributed by atoms with Gasteiger partial charge in [0.15, 0.2) is 0 Å². The summed E-state index contributed by atoms with van der Waals surface area (Å²) in [7, 11) is 1.73.